The zero-order valence-corrected chi connectivity index (χ0v) is 9.53. The number of carbonyl (C=O) groups excluding carboxylic acids is 1. The van der Waals surface area contributed by atoms with Crippen molar-refractivity contribution in [1.29, 1.82) is 0 Å². The molecule has 76 valence electrons. The molecule has 1 aromatic carbocycles. The molecule has 0 unspecified atom stereocenters. The minimum Gasteiger partial charge on any atom is -0.276 e. The molecule has 0 saturated carbocycles. The van der Waals surface area contributed by atoms with Gasteiger partial charge in [0.2, 0.25) is 0 Å². The lowest BCUT2D eigenvalue weighted by Crippen LogP contribution is -1.95. The summed E-state index contributed by atoms with van der Waals surface area (Å²) in [7, 11) is 0. The molecule has 0 N–H and O–H groups in total. The molecule has 0 saturated heterocycles. The van der Waals surface area contributed by atoms with Gasteiger partial charge in [0.1, 0.15) is 0 Å². The van der Waals surface area contributed by atoms with Gasteiger partial charge in [0.15, 0.2) is 0 Å². The zero-order chi connectivity index (χ0) is 10.6. The molecule has 3 heteroatoms. The summed E-state index contributed by atoms with van der Waals surface area (Å²) in [6, 6.07) is 5.39. The van der Waals surface area contributed by atoms with Crippen LogP contribution in [0.15, 0.2) is 18.2 Å². The summed E-state index contributed by atoms with van der Waals surface area (Å²) in [6.45, 7) is 2.12. The normalized spacial score (nSPS) is 10.2. The highest BCUT2D eigenvalue weighted by Crippen LogP contribution is 2.24. The maximum Gasteiger partial charge on any atom is 0.253 e. The van der Waals surface area contributed by atoms with E-state index < -0.39 is 5.24 Å². The van der Waals surface area contributed by atoms with E-state index in [0.29, 0.717) is 10.6 Å². The molecule has 0 amide bonds. The van der Waals surface area contributed by atoms with Crippen molar-refractivity contribution in [2.24, 2.45) is 0 Å². The average Bonchev–Trinajstić information content (AvgIpc) is 2.16. The Morgan fingerprint density at radius 2 is 2.14 bits per heavy atom. The first kappa shape index (κ1) is 11.5. The van der Waals surface area contributed by atoms with Gasteiger partial charge in [0, 0.05) is 0 Å². The lowest BCUT2D eigenvalue weighted by atomic mass is 10.1. The van der Waals surface area contributed by atoms with E-state index in [9.17, 15) is 4.79 Å². The Morgan fingerprint density at radius 1 is 1.43 bits per heavy atom. The molecule has 0 atom stereocenters. The minimum absolute atomic E-state index is 0.405. The Labute approximate surface area is 94.0 Å². The fraction of sp³-hybridized carbons (Fsp3) is 0.364. The van der Waals surface area contributed by atoms with Crippen LogP contribution in [0.25, 0.3) is 0 Å². The van der Waals surface area contributed by atoms with Crippen molar-refractivity contribution >= 4 is 28.4 Å². The Morgan fingerprint density at radius 3 is 2.71 bits per heavy atom. The van der Waals surface area contributed by atoms with Crippen LogP contribution in [0.1, 0.15) is 35.7 Å². The third-order valence-electron chi connectivity index (χ3n) is 2.09. The molecular formula is C11H12Cl2O. The molecule has 0 spiro atoms. The van der Waals surface area contributed by atoms with E-state index in [4.69, 9.17) is 23.2 Å². The van der Waals surface area contributed by atoms with Crippen molar-refractivity contribution in [3.8, 4) is 0 Å². The van der Waals surface area contributed by atoms with E-state index in [0.717, 1.165) is 24.8 Å². The maximum atomic E-state index is 11.0. The molecule has 1 rings (SSSR count). The van der Waals surface area contributed by atoms with Crippen LogP contribution in [0.3, 0.4) is 0 Å². The molecule has 0 aliphatic heterocycles. The summed E-state index contributed by atoms with van der Waals surface area (Å²) in [6.07, 6.45) is 3.07. The van der Waals surface area contributed by atoms with Gasteiger partial charge in [0.05, 0.1) is 10.6 Å². The highest BCUT2D eigenvalue weighted by Gasteiger charge is 2.10. The third-order valence-corrected chi connectivity index (χ3v) is 2.74. The molecule has 0 heterocycles. The number of halogens is 2. The molecule has 0 fully saturated rings. The maximum absolute atomic E-state index is 11.0. The number of hydrogen-bond donors (Lipinski definition) is 0. The molecule has 1 nitrogen and oxygen atoms in total. The predicted molar refractivity (Wildman–Crippen MR) is 60.2 cm³/mol. The second-order valence-corrected chi connectivity index (χ2v) is 3.88. The first-order valence-corrected chi connectivity index (χ1v) is 5.39. The van der Waals surface area contributed by atoms with Crippen LogP contribution in [-0.2, 0) is 6.42 Å². The summed E-state index contributed by atoms with van der Waals surface area (Å²) in [5, 5.41) is 0.00861. The van der Waals surface area contributed by atoms with Crippen LogP contribution in [0.5, 0.6) is 0 Å². The number of benzene rings is 1. The van der Waals surface area contributed by atoms with E-state index in [1.807, 2.05) is 12.1 Å². The number of carbonyl (C=O) groups is 1. The largest absolute Gasteiger partial charge is 0.276 e. The first-order chi connectivity index (χ1) is 6.66. The monoisotopic (exact) mass is 230 g/mol. The molecule has 0 aliphatic rings. The average molecular weight is 231 g/mol. The highest BCUT2D eigenvalue weighted by molar-refractivity contribution is 6.68. The van der Waals surface area contributed by atoms with Gasteiger partial charge in [-0.25, -0.2) is 0 Å². The molecule has 14 heavy (non-hydrogen) atoms. The van der Waals surface area contributed by atoms with E-state index in [-0.39, 0.29) is 0 Å². The van der Waals surface area contributed by atoms with Gasteiger partial charge >= 0.3 is 0 Å². The summed E-state index contributed by atoms with van der Waals surface area (Å²) < 4.78 is 0. The van der Waals surface area contributed by atoms with Gasteiger partial charge in [-0.2, -0.15) is 0 Å². The minimum atomic E-state index is -0.492. The van der Waals surface area contributed by atoms with Crippen LogP contribution < -0.4 is 0 Å². The van der Waals surface area contributed by atoms with E-state index >= 15 is 0 Å². The number of hydrogen-bond acceptors (Lipinski definition) is 1. The number of aryl methyl sites for hydroxylation is 1. The quantitative estimate of drug-likeness (QED) is 0.714. The van der Waals surface area contributed by atoms with E-state index in [2.05, 4.69) is 6.92 Å². The van der Waals surface area contributed by atoms with Crippen molar-refractivity contribution < 1.29 is 4.79 Å². The molecular weight excluding hydrogens is 219 g/mol. The highest BCUT2D eigenvalue weighted by atomic mass is 35.5. The van der Waals surface area contributed by atoms with Crippen molar-refractivity contribution in [1.82, 2.24) is 0 Å². The molecule has 0 aromatic heterocycles. The Kier molecular flexibility index (Phi) is 4.43. The topological polar surface area (TPSA) is 17.1 Å². The Balaban J connectivity index is 2.95. The molecule has 0 radical (unpaired) electrons. The summed E-state index contributed by atoms with van der Waals surface area (Å²) in [5.74, 6) is 0. The van der Waals surface area contributed by atoms with Crippen molar-refractivity contribution in [3.05, 3.63) is 34.3 Å². The third kappa shape index (κ3) is 2.73. The number of rotatable bonds is 4. The Bertz CT molecular complexity index is 334. The van der Waals surface area contributed by atoms with Crippen LogP contribution >= 0.6 is 23.2 Å². The van der Waals surface area contributed by atoms with Gasteiger partial charge in [-0.15, -0.1) is 0 Å². The summed E-state index contributed by atoms with van der Waals surface area (Å²) >= 11 is 11.4. The summed E-state index contributed by atoms with van der Waals surface area (Å²) in [5.41, 5.74) is 1.40. The first-order valence-electron chi connectivity index (χ1n) is 4.64. The van der Waals surface area contributed by atoms with Crippen molar-refractivity contribution in [2.45, 2.75) is 26.2 Å². The lowest BCUT2D eigenvalue weighted by molar-refractivity contribution is 0.108. The molecule has 1 aromatic rings. The molecule has 0 aliphatic carbocycles. The van der Waals surface area contributed by atoms with E-state index in [1.54, 1.807) is 6.07 Å². The standard InChI is InChI=1S/C11H12Cl2O/c1-2-3-5-8-6-4-7-9(10(8)12)11(13)14/h4,6-7H,2-3,5H2,1H3. The fourth-order valence-electron chi connectivity index (χ4n) is 1.29. The van der Waals surface area contributed by atoms with Gasteiger partial charge in [0.25, 0.3) is 5.24 Å². The summed E-state index contributed by atoms with van der Waals surface area (Å²) in [4.78, 5) is 11.0. The van der Waals surface area contributed by atoms with Crippen molar-refractivity contribution in [2.75, 3.05) is 0 Å². The van der Waals surface area contributed by atoms with Crippen LogP contribution in [0.4, 0.5) is 0 Å². The molecule has 0 bridgehead atoms. The zero-order valence-electron chi connectivity index (χ0n) is 8.02. The second kappa shape index (κ2) is 5.38. The van der Waals surface area contributed by atoms with Gasteiger partial charge in [-0.05, 0) is 36.1 Å². The SMILES string of the molecule is CCCCc1cccc(C(=O)Cl)c1Cl. The van der Waals surface area contributed by atoms with Crippen molar-refractivity contribution in [3.63, 3.8) is 0 Å². The van der Waals surface area contributed by atoms with Crippen LogP contribution in [0.2, 0.25) is 5.02 Å². The lowest BCUT2D eigenvalue weighted by Gasteiger charge is -2.05. The van der Waals surface area contributed by atoms with Gasteiger partial charge < -0.3 is 0 Å². The number of unbranched alkanes of at least 4 members (excludes halogenated alkanes) is 1. The van der Waals surface area contributed by atoms with Crippen LogP contribution in [-0.4, -0.2) is 5.24 Å². The second-order valence-electron chi connectivity index (χ2n) is 3.16. The van der Waals surface area contributed by atoms with Crippen LogP contribution in [0, 0.1) is 0 Å². The fourth-order valence-corrected chi connectivity index (χ4v) is 1.80. The smallest absolute Gasteiger partial charge is 0.253 e. The Hall–Kier alpha value is -0.530. The van der Waals surface area contributed by atoms with Gasteiger partial charge in [-0.1, -0.05) is 37.1 Å². The predicted octanol–water partition coefficient (Wildman–Crippen LogP) is 4.06. The van der Waals surface area contributed by atoms with Gasteiger partial charge in [-0.3, -0.25) is 4.79 Å². The van der Waals surface area contributed by atoms with E-state index in [1.165, 1.54) is 0 Å².